The first kappa shape index (κ1) is 12.5. The number of hydrogen-bond acceptors (Lipinski definition) is 2. The van der Waals surface area contributed by atoms with Gasteiger partial charge < -0.3 is 9.84 Å². The van der Waals surface area contributed by atoms with Gasteiger partial charge in [-0.05, 0) is 37.5 Å². The minimum Gasteiger partial charge on any atom is -0.481 e. The SMILES string of the molecule is CC(C)COC1CCC(CC(=O)O)CC1. The number of carboxylic acid groups (broad SMARTS) is 1. The summed E-state index contributed by atoms with van der Waals surface area (Å²) in [5, 5.41) is 8.68. The Morgan fingerprint density at radius 3 is 2.40 bits per heavy atom. The average Bonchev–Trinajstić information content (AvgIpc) is 2.16. The molecule has 3 nitrogen and oxygen atoms in total. The molecule has 88 valence electrons. The quantitative estimate of drug-likeness (QED) is 0.765. The van der Waals surface area contributed by atoms with Gasteiger partial charge in [0.2, 0.25) is 0 Å². The molecule has 0 amide bonds. The Labute approximate surface area is 91.8 Å². The van der Waals surface area contributed by atoms with Gasteiger partial charge in [0, 0.05) is 13.0 Å². The highest BCUT2D eigenvalue weighted by Crippen LogP contribution is 2.28. The minimum absolute atomic E-state index is 0.330. The zero-order chi connectivity index (χ0) is 11.3. The molecular weight excluding hydrogens is 192 g/mol. The minimum atomic E-state index is -0.665. The first-order valence-corrected chi connectivity index (χ1v) is 5.91. The van der Waals surface area contributed by atoms with Crippen LogP contribution in [0.2, 0.25) is 0 Å². The van der Waals surface area contributed by atoms with Crippen LogP contribution >= 0.6 is 0 Å². The molecule has 1 aliphatic rings. The van der Waals surface area contributed by atoms with Crippen molar-refractivity contribution in [1.82, 2.24) is 0 Å². The van der Waals surface area contributed by atoms with E-state index in [2.05, 4.69) is 13.8 Å². The summed E-state index contributed by atoms with van der Waals surface area (Å²) in [6.07, 6.45) is 4.79. The van der Waals surface area contributed by atoms with E-state index in [9.17, 15) is 4.79 Å². The molecule has 0 radical (unpaired) electrons. The Hall–Kier alpha value is -0.570. The van der Waals surface area contributed by atoms with Gasteiger partial charge in [0.25, 0.3) is 0 Å². The maximum Gasteiger partial charge on any atom is 0.303 e. The fraction of sp³-hybridized carbons (Fsp3) is 0.917. The largest absolute Gasteiger partial charge is 0.481 e. The van der Waals surface area contributed by atoms with Gasteiger partial charge in [-0.3, -0.25) is 4.79 Å². The summed E-state index contributed by atoms with van der Waals surface area (Å²) >= 11 is 0. The predicted molar refractivity (Wildman–Crippen MR) is 58.8 cm³/mol. The Balaban J connectivity index is 2.15. The maximum absolute atomic E-state index is 10.5. The monoisotopic (exact) mass is 214 g/mol. The highest BCUT2D eigenvalue weighted by atomic mass is 16.5. The molecule has 0 bridgehead atoms. The van der Waals surface area contributed by atoms with Gasteiger partial charge >= 0.3 is 5.97 Å². The number of ether oxygens (including phenoxy) is 1. The van der Waals surface area contributed by atoms with Crippen molar-refractivity contribution in [2.45, 2.75) is 52.1 Å². The van der Waals surface area contributed by atoms with Crippen molar-refractivity contribution in [3.8, 4) is 0 Å². The lowest BCUT2D eigenvalue weighted by atomic mass is 9.85. The van der Waals surface area contributed by atoms with E-state index < -0.39 is 5.97 Å². The lowest BCUT2D eigenvalue weighted by Crippen LogP contribution is -2.24. The fourth-order valence-corrected chi connectivity index (χ4v) is 2.08. The van der Waals surface area contributed by atoms with Gasteiger partial charge in [0.1, 0.15) is 0 Å². The van der Waals surface area contributed by atoms with Gasteiger partial charge in [0.05, 0.1) is 6.10 Å². The van der Waals surface area contributed by atoms with E-state index in [0.29, 0.717) is 24.4 Å². The van der Waals surface area contributed by atoms with Gasteiger partial charge in [-0.2, -0.15) is 0 Å². The normalized spacial score (nSPS) is 26.9. The molecule has 0 aromatic carbocycles. The van der Waals surface area contributed by atoms with E-state index in [0.717, 1.165) is 32.3 Å². The van der Waals surface area contributed by atoms with E-state index in [1.165, 1.54) is 0 Å². The van der Waals surface area contributed by atoms with Crippen molar-refractivity contribution in [2.24, 2.45) is 11.8 Å². The first-order chi connectivity index (χ1) is 7.08. The van der Waals surface area contributed by atoms with Crippen LogP contribution in [0.5, 0.6) is 0 Å². The average molecular weight is 214 g/mol. The van der Waals surface area contributed by atoms with Crippen LogP contribution in [-0.4, -0.2) is 23.8 Å². The third kappa shape index (κ3) is 5.17. The van der Waals surface area contributed by atoms with E-state index in [4.69, 9.17) is 9.84 Å². The van der Waals surface area contributed by atoms with Crippen molar-refractivity contribution in [2.75, 3.05) is 6.61 Å². The number of hydrogen-bond donors (Lipinski definition) is 1. The van der Waals surface area contributed by atoms with Crippen LogP contribution < -0.4 is 0 Å². The van der Waals surface area contributed by atoms with Crippen LogP contribution in [-0.2, 0) is 9.53 Å². The van der Waals surface area contributed by atoms with Gasteiger partial charge in [-0.25, -0.2) is 0 Å². The predicted octanol–water partition coefficient (Wildman–Crippen LogP) is 2.69. The zero-order valence-corrected chi connectivity index (χ0v) is 9.74. The molecule has 0 aromatic heterocycles. The van der Waals surface area contributed by atoms with Crippen molar-refractivity contribution in [1.29, 1.82) is 0 Å². The summed E-state index contributed by atoms with van der Waals surface area (Å²) in [7, 11) is 0. The van der Waals surface area contributed by atoms with Crippen molar-refractivity contribution >= 4 is 5.97 Å². The number of carbonyl (C=O) groups is 1. The van der Waals surface area contributed by atoms with Crippen LogP contribution in [0.25, 0.3) is 0 Å². The fourth-order valence-electron chi connectivity index (χ4n) is 2.08. The lowest BCUT2D eigenvalue weighted by molar-refractivity contribution is -0.138. The molecule has 0 aromatic rings. The van der Waals surface area contributed by atoms with Crippen LogP contribution in [0.3, 0.4) is 0 Å². The second-order valence-corrected chi connectivity index (χ2v) is 4.97. The summed E-state index contributed by atoms with van der Waals surface area (Å²) in [5.74, 6) is 0.296. The summed E-state index contributed by atoms with van der Waals surface area (Å²) in [6, 6.07) is 0. The second kappa shape index (κ2) is 6.11. The van der Waals surface area contributed by atoms with Crippen molar-refractivity contribution in [3.05, 3.63) is 0 Å². The van der Waals surface area contributed by atoms with Crippen molar-refractivity contribution < 1.29 is 14.6 Å². The molecule has 3 heteroatoms. The Kier molecular flexibility index (Phi) is 5.09. The molecule has 0 heterocycles. The van der Waals surface area contributed by atoms with Crippen molar-refractivity contribution in [3.63, 3.8) is 0 Å². The molecule has 1 N–H and O–H groups in total. The highest BCUT2D eigenvalue weighted by Gasteiger charge is 2.23. The Morgan fingerprint density at radius 1 is 1.33 bits per heavy atom. The molecule has 1 saturated carbocycles. The summed E-state index contributed by atoms with van der Waals surface area (Å²) in [4.78, 5) is 10.5. The first-order valence-electron chi connectivity index (χ1n) is 5.91. The van der Waals surface area contributed by atoms with Crippen LogP contribution in [0.4, 0.5) is 0 Å². The Bertz CT molecular complexity index is 193. The standard InChI is InChI=1S/C12H22O3/c1-9(2)8-15-11-5-3-10(4-6-11)7-12(13)14/h9-11H,3-8H2,1-2H3,(H,13,14). The Morgan fingerprint density at radius 2 is 1.93 bits per heavy atom. The highest BCUT2D eigenvalue weighted by molar-refractivity contribution is 5.67. The second-order valence-electron chi connectivity index (χ2n) is 4.97. The van der Waals surface area contributed by atoms with Gasteiger partial charge in [0.15, 0.2) is 0 Å². The van der Waals surface area contributed by atoms with E-state index >= 15 is 0 Å². The summed E-state index contributed by atoms with van der Waals surface area (Å²) in [6.45, 7) is 5.13. The van der Waals surface area contributed by atoms with Crippen LogP contribution in [0, 0.1) is 11.8 Å². The molecule has 0 aliphatic heterocycles. The number of carboxylic acids is 1. The molecule has 0 saturated heterocycles. The smallest absolute Gasteiger partial charge is 0.303 e. The van der Waals surface area contributed by atoms with E-state index in [1.807, 2.05) is 0 Å². The zero-order valence-electron chi connectivity index (χ0n) is 9.74. The topological polar surface area (TPSA) is 46.5 Å². The third-order valence-corrected chi connectivity index (χ3v) is 2.92. The molecule has 1 fully saturated rings. The molecule has 1 aliphatic carbocycles. The van der Waals surface area contributed by atoms with Gasteiger partial charge in [-0.15, -0.1) is 0 Å². The van der Waals surface area contributed by atoms with Crippen LogP contribution in [0.1, 0.15) is 46.0 Å². The molecule has 15 heavy (non-hydrogen) atoms. The molecular formula is C12H22O3. The van der Waals surface area contributed by atoms with E-state index in [1.54, 1.807) is 0 Å². The molecule has 0 spiro atoms. The molecule has 0 atom stereocenters. The number of rotatable bonds is 5. The third-order valence-electron chi connectivity index (χ3n) is 2.92. The summed E-state index contributed by atoms with van der Waals surface area (Å²) < 4.78 is 5.75. The van der Waals surface area contributed by atoms with Gasteiger partial charge in [-0.1, -0.05) is 13.8 Å². The van der Waals surface area contributed by atoms with Crippen LogP contribution in [0.15, 0.2) is 0 Å². The summed E-state index contributed by atoms with van der Waals surface area (Å²) in [5.41, 5.74) is 0. The maximum atomic E-state index is 10.5. The molecule has 0 unspecified atom stereocenters. The van der Waals surface area contributed by atoms with E-state index in [-0.39, 0.29) is 0 Å². The molecule has 1 rings (SSSR count). The lowest BCUT2D eigenvalue weighted by Gasteiger charge is -2.28. The number of aliphatic carboxylic acids is 1.